The molecule has 2 unspecified atom stereocenters. The average molecular weight is 588 g/mol. The van der Waals surface area contributed by atoms with Crippen LogP contribution in [0.1, 0.15) is 83.3 Å². The summed E-state index contributed by atoms with van der Waals surface area (Å²) in [6.07, 6.45) is 3.18. The number of aliphatic hydroxyl groups excluding tert-OH is 2. The lowest BCUT2D eigenvalue weighted by Crippen LogP contribution is -2.43. The molecule has 0 spiro atoms. The maximum atomic E-state index is 12.4. The largest absolute Gasteiger partial charge is 0.508 e. The first-order chi connectivity index (χ1) is 20.0. The van der Waals surface area contributed by atoms with Crippen LogP contribution in [0, 0.1) is 12.3 Å². The van der Waals surface area contributed by atoms with Crippen molar-refractivity contribution in [1.29, 1.82) is 0 Å². The lowest BCUT2D eigenvalue weighted by Gasteiger charge is -2.22. The Morgan fingerprint density at radius 1 is 1.12 bits per heavy atom. The van der Waals surface area contributed by atoms with Gasteiger partial charge in [-0.15, -0.1) is 0 Å². The van der Waals surface area contributed by atoms with Crippen molar-refractivity contribution in [3.8, 4) is 5.75 Å². The molecule has 1 saturated heterocycles. The van der Waals surface area contributed by atoms with Crippen molar-refractivity contribution in [2.24, 2.45) is 5.41 Å². The van der Waals surface area contributed by atoms with Crippen LogP contribution in [0.3, 0.4) is 0 Å². The van der Waals surface area contributed by atoms with Crippen LogP contribution >= 0.6 is 0 Å². The summed E-state index contributed by atoms with van der Waals surface area (Å²) in [7, 11) is 0. The molecule has 1 heterocycles. The number of likely N-dealkylation sites (tertiary alicyclic amines) is 1. The summed E-state index contributed by atoms with van der Waals surface area (Å²) in [6, 6.07) is 14.1. The first-order valence-corrected chi connectivity index (χ1v) is 15.0. The fourth-order valence-corrected chi connectivity index (χ4v) is 3.82. The molecule has 2 aromatic carbocycles. The monoisotopic (exact) mass is 587 g/mol. The molecule has 0 bridgehead atoms. The zero-order chi connectivity index (χ0) is 32.7. The molecule has 2 amide bonds. The summed E-state index contributed by atoms with van der Waals surface area (Å²) in [6.45, 7) is 23.1. The standard InChI is InChI=1S/C18H21NO3.C7H13NO2.C5H11N.2C2H6/c1-12-15(9-6-10-17(12)21)18(22)19-16(13(2)20)11-14-7-4-3-5-8-14;1-7(2)4-8(5-9)3-6(7)10;1-3-5-6-4-2;2*1-2/h3-10,13,16,20-21H,11H2,1-2H3,(H,19,22);5-6,10H,3-4H2,1-2H3;4,6H,2-3,5H2,1H3;2*1-2H3/t;6-;;;/m.1.../s1. The van der Waals surface area contributed by atoms with Crippen LogP contribution in [0.4, 0.5) is 0 Å². The van der Waals surface area contributed by atoms with Crippen molar-refractivity contribution in [3.05, 3.63) is 78.0 Å². The number of amides is 2. The molecule has 3 atom stereocenters. The number of rotatable bonds is 9. The number of aliphatic hydroxyl groups is 2. The summed E-state index contributed by atoms with van der Waals surface area (Å²) < 4.78 is 0. The highest BCUT2D eigenvalue weighted by atomic mass is 16.3. The number of carbonyl (C=O) groups is 2. The van der Waals surface area contributed by atoms with Gasteiger partial charge in [0.1, 0.15) is 5.75 Å². The molecule has 3 rings (SSSR count). The summed E-state index contributed by atoms with van der Waals surface area (Å²) in [4.78, 5) is 24.2. The van der Waals surface area contributed by atoms with Gasteiger partial charge in [0, 0.05) is 36.2 Å². The molecule has 0 radical (unpaired) electrons. The summed E-state index contributed by atoms with van der Waals surface area (Å²) in [5.41, 5.74) is 1.87. The molecule has 1 aliphatic rings. The van der Waals surface area contributed by atoms with Gasteiger partial charge in [0.25, 0.3) is 5.91 Å². The van der Waals surface area contributed by atoms with Crippen LogP contribution < -0.4 is 10.6 Å². The lowest BCUT2D eigenvalue weighted by atomic mass is 9.90. The van der Waals surface area contributed by atoms with Crippen LogP contribution in [-0.2, 0) is 11.2 Å². The number of carbonyl (C=O) groups excluding carboxylic acids is 2. The highest BCUT2D eigenvalue weighted by molar-refractivity contribution is 5.96. The average Bonchev–Trinajstić information content (AvgIpc) is 3.27. The van der Waals surface area contributed by atoms with E-state index in [4.69, 9.17) is 0 Å². The Labute approximate surface area is 254 Å². The highest BCUT2D eigenvalue weighted by Gasteiger charge is 2.37. The minimum absolute atomic E-state index is 0.0873. The van der Waals surface area contributed by atoms with Gasteiger partial charge in [0.05, 0.1) is 18.2 Å². The first-order valence-electron chi connectivity index (χ1n) is 15.0. The van der Waals surface area contributed by atoms with Gasteiger partial charge in [0.15, 0.2) is 0 Å². The second-order valence-electron chi connectivity index (χ2n) is 10.2. The topological polar surface area (TPSA) is 122 Å². The molecule has 0 aromatic heterocycles. The molecule has 8 nitrogen and oxygen atoms in total. The van der Waals surface area contributed by atoms with E-state index in [2.05, 4.69) is 24.1 Å². The number of nitrogens with one attached hydrogen (secondary N) is 2. The Bertz CT molecular complexity index is 996. The van der Waals surface area contributed by atoms with Gasteiger partial charge >= 0.3 is 0 Å². The van der Waals surface area contributed by atoms with Crippen molar-refractivity contribution in [2.45, 2.75) is 93.4 Å². The van der Waals surface area contributed by atoms with Crippen LogP contribution in [0.15, 0.2) is 61.3 Å². The number of benzene rings is 2. The molecule has 2 aromatic rings. The lowest BCUT2D eigenvalue weighted by molar-refractivity contribution is -0.117. The van der Waals surface area contributed by atoms with Crippen molar-refractivity contribution in [3.63, 3.8) is 0 Å². The van der Waals surface area contributed by atoms with E-state index in [1.165, 1.54) is 6.42 Å². The smallest absolute Gasteiger partial charge is 0.252 e. The molecule has 0 saturated carbocycles. The molecule has 8 heteroatoms. The van der Waals surface area contributed by atoms with Gasteiger partial charge in [-0.25, -0.2) is 0 Å². The van der Waals surface area contributed by atoms with Crippen molar-refractivity contribution < 1.29 is 24.9 Å². The zero-order valence-corrected chi connectivity index (χ0v) is 27.4. The third-order valence-corrected chi connectivity index (χ3v) is 6.35. The SMILES string of the molecule is C=CNCCC.CC.CC.CC1(C)CN(C=O)C[C@H]1O.Cc1c(O)cccc1C(=O)NC(Cc1ccccc1)C(C)O. The Hall–Kier alpha value is -3.36. The number of phenols is 1. The van der Waals surface area contributed by atoms with Gasteiger partial charge < -0.3 is 30.9 Å². The number of hydrogen-bond acceptors (Lipinski definition) is 6. The summed E-state index contributed by atoms with van der Waals surface area (Å²) in [5, 5.41) is 34.8. The third kappa shape index (κ3) is 15.6. The minimum atomic E-state index is -0.679. The van der Waals surface area contributed by atoms with Crippen LogP contribution in [0.2, 0.25) is 0 Å². The van der Waals surface area contributed by atoms with Gasteiger partial charge in [0.2, 0.25) is 6.41 Å². The summed E-state index contributed by atoms with van der Waals surface area (Å²) >= 11 is 0. The second kappa shape index (κ2) is 23.2. The normalized spacial score (nSPS) is 15.7. The maximum absolute atomic E-state index is 12.4. The predicted octanol–water partition coefficient (Wildman–Crippen LogP) is 5.45. The summed E-state index contributed by atoms with van der Waals surface area (Å²) in [5.74, 6) is -0.209. The zero-order valence-electron chi connectivity index (χ0n) is 27.4. The third-order valence-electron chi connectivity index (χ3n) is 6.35. The molecular formula is C34H57N3O5. The minimum Gasteiger partial charge on any atom is -0.508 e. The molecule has 42 heavy (non-hydrogen) atoms. The van der Waals surface area contributed by atoms with E-state index in [1.807, 2.05) is 71.9 Å². The number of hydrogen-bond donors (Lipinski definition) is 5. The van der Waals surface area contributed by atoms with Gasteiger partial charge in [-0.05, 0) is 50.6 Å². The Morgan fingerprint density at radius 3 is 2.12 bits per heavy atom. The number of nitrogens with zero attached hydrogens (tertiary/aromatic N) is 1. The molecule has 1 aliphatic heterocycles. The molecule has 238 valence electrons. The predicted molar refractivity (Wildman–Crippen MR) is 175 cm³/mol. The van der Waals surface area contributed by atoms with Crippen molar-refractivity contribution >= 4 is 12.3 Å². The van der Waals surface area contributed by atoms with Crippen LogP contribution in [-0.4, -0.2) is 70.4 Å². The number of β-amino-alcohol motifs (C(OH)–C–C–N with tert-alkyl or cyclic N) is 1. The van der Waals surface area contributed by atoms with E-state index in [1.54, 1.807) is 43.1 Å². The molecule has 1 fully saturated rings. The number of aromatic hydroxyl groups is 1. The Kier molecular flexibility index (Phi) is 22.6. The first kappa shape index (κ1) is 40.8. The van der Waals surface area contributed by atoms with Crippen molar-refractivity contribution in [2.75, 3.05) is 19.6 Å². The molecule has 5 N–H and O–H groups in total. The van der Waals surface area contributed by atoms with Crippen LogP contribution in [0.25, 0.3) is 0 Å². The van der Waals surface area contributed by atoms with E-state index in [0.29, 0.717) is 30.6 Å². The van der Waals surface area contributed by atoms with Crippen LogP contribution in [0.5, 0.6) is 5.75 Å². The van der Waals surface area contributed by atoms with E-state index < -0.39 is 12.1 Å². The van der Waals surface area contributed by atoms with E-state index in [9.17, 15) is 24.9 Å². The van der Waals surface area contributed by atoms with E-state index in [0.717, 1.165) is 18.5 Å². The molecule has 0 aliphatic carbocycles. The van der Waals surface area contributed by atoms with E-state index >= 15 is 0 Å². The number of phenolic OH excluding ortho intramolecular Hbond substituents is 1. The fraction of sp³-hybridized carbons (Fsp3) is 0.529. The maximum Gasteiger partial charge on any atom is 0.252 e. The van der Waals surface area contributed by atoms with Gasteiger partial charge in [-0.3, -0.25) is 9.59 Å². The quantitative estimate of drug-likeness (QED) is 0.196. The van der Waals surface area contributed by atoms with E-state index in [-0.39, 0.29) is 23.2 Å². The van der Waals surface area contributed by atoms with Gasteiger partial charge in [-0.1, -0.05) is 91.4 Å². The van der Waals surface area contributed by atoms with Gasteiger partial charge in [-0.2, -0.15) is 0 Å². The highest BCUT2D eigenvalue weighted by Crippen LogP contribution is 2.28. The Morgan fingerprint density at radius 2 is 1.71 bits per heavy atom. The second-order valence-corrected chi connectivity index (χ2v) is 10.2. The Balaban J connectivity index is 0. The van der Waals surface area contributed by atoms with Crippen molar-refractivity contribution in [1.82, 2.24) is 15.5 Å². The fourth-order valence-electron chi connectivity index (χ4n) is 3.82. The molecular weight excluding hydrogens is 530 g/mol.